The van der Waals surface area contributed by atoms with Crippen molar-refractivity contribution < 1.29 is 0 Å². The molecule has 0 heterocycles. The van der Waals surface area contributed by atoms with E-state index in [9.17, 15) is 0 Å². The largest absolute Gasteiger partial charge is 0.0988 e. The molecule has 0 unspecified atom stereocenters. The average Bonchev–Trinajstić information content (AvgIpc) is 2.17. The third kappa shape index (κ3) is 9.52. The molecule has 0 saturated carbocycles. The van der Waals surface area contributed by atoms with Crippen LogP contribution in [-0.2, 0) is 0 Å². The highest BCUT2D eigenvalue weighted by Crippen LogP contribution is 2.12. The molecule has 0 rings (SSSR count). The fraction of sp³-hybridized carbons (Fsp3) is 0.600. The molecule has 0 nitrogen and oxygen atoms in total. The molecule has 0 atom stereocenters. The Morgan fingerprint density at radius 3 is 2.40 bits per heavy atom. The summed E-state index contributed by atoms with van der Waals surface area (Å²) in [6.07, 6.45) is 11.4. The lowest BCUT2D eigenvalue weighted by molar-refractivity contribution is 0.554. The molecule has 0 aromatic heterocycles. The molecule has 0 aromatic carbocycles. The summed E-state index contributed by atoms with van der Waals surface area (Å²) >= 11 is 0. The Balaban J connectivity index is 3.74. The van der Waals surface area contributed by atoms with Crippen LogP contribution in [0.25, 0.3) is 0 Å². The summed E-state index contributed by atoms with van der Waals surface area (Å²) in [5.74, 6) is 0.834. The first-order valence-corrected chi connectivity index (χ1v) is 6.01. The minimum absolute atomic E-state index is 0.834. The number of rotatable bonds is 7. The van der Waals surface area contributed by atoms with Gasteiger partial charge in [0.25, 0.3) is 0 Å². The highest BCUT2D eigenvalue weighted by Gasteiger charge is 1.94. The van der Waals surface area contributed by atoms with E-state index < -0.39 is 0 Å². The summed E-state index contributed by atoms with van der Waals surface area (Å²) < 4.78 is 0. The first-order valence-electron chi connectivity index (χ1n) is 6.01. The molecule has 0 aliphatic rings. The van der Waals surface area contributed by atoms with Crippen molar-refractivity contribution >= 4 is 0 Å². The fourth-order valence-electron chi connectivity index (χ4n) is 1.42. The summed E-state index contributed by atoms with van der Waals surface area (Å²) in [5.41, 5.74) is 2.78. The zero-order chi connectivity index (χ0) is 11.7. The Hall–Kier alpha value is -0.780. The molecular weight excluding hydrogens is 180 g/mol. The Labute approximate surface area is 95.8 Å². The van der Waals surface area contributed by atoms with E-state index in [-0.39, 0.29) is 0 Å². The lowest BCUT2D eigenvalue weighted by Gasteiger charge is -2.04. The second-order valence-electron chi connectivity index (χ2n) is 4.72. The van der Waals surface area contributed by atoms with Crippen LogP contribution in [-0.4, -0.2) is 0 Å². The summed E-state index contributed by atoms with van der Waals surface area (Å²) in [6.45, 7) is 12.6. The van der Waals surface area contributed by atoms with E-state index in [1.54, 1.807) is 0 Å². The second-order valence-corrected chi connectivity index (χ2v) is 4.72. The molecule has 0 N–H and O–H groups in total. The van der Waals surface area contributed by atoms with Gasteiger partial charge in [-0.05, 0) is 39.0 Å². The summed E-state index contributed by atoms with van der Waals surface area (Å²) in [6, 6.07) is 0. The number of hydrogen-bond acceptors (Lipinski definition) is 0. The van der Waals surface area contributed by atoms with Crippen molar-refractivity contribution in [2.75, 3.05) is 0 Å². The Morgan fingerprint density at radius 1 is 1.20 bits per heavy atom. The first kappa shape index (κ1) is 14.2. The Morgan fingerprint density at radius 2 is 1.87 bits per heavy atom. The number of hydrogen-bond donors (Lipinski definition) is 0. The first-order chi connectivity index (χ1) is 7.06. The molecule has 0 fully saturated rings. The molecule has 0 saturated heterocycles. The van der Waals surface area contributed by atoms with E-state index in [1.165, 1.54) is 30.4 Å². The van der Waals surface area contributed by atoms with Crippen molar-refractivity contribution in [1.29, 1.82) is 0 Å². The number of allylic oxidation sites excluding steroid dienone is 5. The second kappa shape index (κ2) is 8.52. The van der Waals surface area contributed by atoms with Gasteiger partial charge in [0.15, 0.2) is 0 Å². The normalized spacial score (nSPS) is 13.4. The predicted molar refractivity (Wildman–Crippen MR) is 71.0 cm³/mol. The molecule has 0 heteroatoms. The molecule has 0 spiro atoms. The zero-order valence-corrected chi connectivity index (χ0v) is 10.8. The van der Waals surface area contributed by atoms with Gasteiger partial charge in [0.1, 0.15) is 0 Å². The van der Waals surface area contributed by atoms with Crippen LogP contribution in [0.15, 0.2) is 36.0 Å². The molecule has 0 aromatic rings. The average molecular weight is 206 g/mol. The van der Waals surface area contributed by atoms with Gasteiger partial charge >= 0.3 is 0 Å². The molecule has 15 heavy (non-hydrogen) atoms. The van der Waals surface area contributed by atoms with Crippen molar-refractivity contribution in [1.82, 2.24) is 0 Å². The van der Waals surface area contributed by atoms with Crippen LogP contribution in [0.4, 0.5) is 0 Å². The van der Waals surface area contributed by atoms with E-state index in [4.69, 9.17) is 0 Å². The Kier molecular flexibility index (Phi) is 8.08. The van der Waals surface area contributed by atoms with Gasteiger partial charge in [0.05, 0.1) is 0 Å². The van der Waals surface area contributed by atoms with Crippen LogP contribution < -0.4 is 0 Å². The molecule has 0 radical (unpaired) electrons. The van der Waals surface area contributed by atoms with Gasteiger partial charge in [0.2, 0.25) is 0 Å². The minimum atomic E-state index is 0.834. The van der Waals surface area contributed by atoms with Crippen molar-refractivity contribution in [3.63, 3.8) is 0 Å². The van der Waals surface area contributed by atoms with Crippen LogP contribution >= 0.6 is 0 Å². The van der Waals surface area contributed by atoms with Crippen LogP contribution in [0.1, 0.15) is 53.4 Å². The summed E-state index contributed by atoms with van der Waals surface area (Å²) in [4.78, 5) is 0. The van der Waals surface area contributed by atoms with E-state index >= 15 is 0 Å². The van der Waals surface area contributed by atoms with Gasteiger partial charge < -0.3 is 0 Å². The van der Waals surface area contributed by atoms with E-state index in [2.05, 4.69) is 46.4 Å². The minimum Gasteiger partial charge on any atom is -0.0988 e. The summed E-state index contributed by atoms with van der Waals surface area (Å²) in [5, 5.41) is 0. The molecule has 0 aliphatic heterocycles. The van der Waals surface area contributed by atoms with Crippen LogP contribution in [0, 0.1) is 5.92 Å². The molecular formula is C15H26. The zero-order valence-electron chi connectivity index (χ0n) is 10.8. The Bertz CT molecular complexity index is 228. The van der Waals surface area contributed by atoms with Gasteiger partial charge in [-0.2, -0.15) is 0 Å². The SMILES string of the molecule is C=CC(C)=CCC=C(C)CCCC(C)C. The topological polar surface area (TPSA) is 0 Å². The third-order valence-corrected chi connectivity index (χ3v) is 2.58. The smallest absolute Gasteiger partial charge is 0.0161 e. The van der Waals surface area contributed by atoms with Gasteiger partial charge in [-0.1, -0.05) is 56.2 Å². The molecule has 0 amide bonds. The van der Waals surface area contributed by atoms with E-state index in [0.717, 1.165) is 12.3 Å². The third-order valence-electron chi connectivity index (χ3n) is 2.58. The van der Waals surface area contributed by atoms with E-state index in [1.807, 2.05) is 6.08 Å². The maximum Gasteiger partial charge on any atom is -0.0161 e. The lowest BCUT2D eigenvalue weighted by atomic mass is 10.0. The predicted octanol–water partition coefficient (Wildman–Crippen LogP) is 5.28. The maximum atomic E-state index is 3.74. The standard InChI is InChI=1S/C15H26/c1-6-14(4)10-8-12-15(5)11-7-9-13(2)3/h6,10,12-13H,1,7-9,11H2,2-5H3. The van der Waals surface area contributed by atoms with Gasteiger partial charge in [-0.3, -0.25) is 0 Å². The van der Waals surface area contributed by atoms with E-state index in [0.29, 0.717) is 0 Å². The van der Waals surface area contributed by atoms with Crippen molar-refractivity contribution in [2.45, 2.75) is 53.4 Å². The van der Waals surface area contributed by atoms with Crippen molar-refractivity contribution in [3.05, 3.63) is 36.0 Å². The molecule has 86 valence electrons. The molecule has 0 bridgehead atoms. The molecule has 0 aliphatic carbocycles. The highest BCUT2D eigenvalue weighted by molar-refractivity contribution is 5.15. The quantitative estimate of drug-likeness (QED) is 0.392. The van der Waals surface area contributed by atoms with Gasteiger partial charge in [-0.25, -0.2) is 0 Å². The van der Waals surface area contributed by atoms with Crippen LogP contribution in [0.3, 0.4) is 0 Å². The lowest BCUT2D eigenvalue weighted by Crippen LogP contribution is -1.87. The fourth-order valence-corrected chi connectivity index (χ4v) is 1.42. The highest BCUT2D eigenvalue weighted by atomic mass is 14.0. The summed E-state index contributed by atoms with van der Waals surface area (Å²) in [7, 11) is 0. The monoisotopic (exact) mass is 206 g/mol. The van der Waals surface area contributed by atoms with Crippen LogP contribution in [0.2, 0.25) is 0 Å². The van der Waals surface area contributed by atoms with Crippen molar-refractivity contribution in [2.24, 2.45) is 5.92 Å². The van der Waals surface area contributed by atoms with Crippen molar-refractivity contribution in [3.8, 4) is 0 Å². The van der Waals surface area contributed by atoms with Gasteiger partial charge in [-0.15, -0.1) is 0 Å². The van der Waals surface area contributed by atoms with Gasteiger partial charge in [0, 0.05) is 0 Å². The van der Waals surface area contributed by atoms with Crippen LogP contribution in [0.5, 0.6) is 0 Å². The maximum absolute atomic E-state index is 3.74.